The zero-order valence-electron chi connectivity index (χ0n) is 12.4. The van der Waals surface area contributed by atoms with Crippen molar-refractivity contribution in [2.45, 2.75) is 31.2 Å². The second-order valence-corrected chi connectivity index (χ2v) is 6.02. The third-order valence-corrected chi connectivity index (χ3v) is 4.58. The number of halogens is 4. The summed E-state index contributed by atoms with van der Waals surface area (Å²) in [6, 6.07) is 8.34. The molecule has 0 amide bonds. The standard InChI is InChI=1S/C17H14F4O3/c18-13-10-16(24-17(19,20)21,15(8-9-15)14(22)23)7-6-12(13)11-4-2-1-3-5-11/h1-7H,8-10H2,(H,22,23). The molecule has 1 aromatic carbocycles. The first-order valence-corrected chi connectivity index (χ1v) is 7.33. The SMILES string of the molecule is O=C(O)C1(C2(OC(F)(F)F)C=CC(c3ccccc3)=C(F)C2)CC1. The van der Waals surface area contributed by atoms with E-state index in [0.717, 1.165) is 6.08 Å². The van der Waals surface area contributed by atoms with Crippen molar-refractivity contribution in [2.75, 3.05) is 0 Å². The van der Waals surface area contributed by atoms with E-state index in [1.165, 1.54) is 6.08 Å². The molecule has 0 bridgehead atoms. The molecule has 0 aromatic heterocycles. The van der Waals surface area contributed by atoms with E-state index in [4.69, 9.17) is 0 Å². The number of carboxylic acids is 1. The van der Waals surface area contributed by atoms with Crippen LogP contribution in [0.2, 0.25) is 0 Å². The summed E-state index contributed by atoms with van der Waals surface area (Å²) in [6.45, 7) is 0. The van der Waals surface area contributed by atoms with E-state index >= 15 is 0 Å². The molecule has 1 unspecified atom stereocenters. The minimum absolute atomic E-state index is 0.0106. The number of allylic oxidation sites excluding steroid dienone is 2. The Hall–Kier alpha value is -2.15. The van der Waals surface area contributed by atoms with E-state index in [1.807, 2.05) is 0 Å². The molecule has 1 saturated carbocycles. The van der Waals surface area contributed by atoms with Crippen LogP contribution in [0.1, 0.15) is 24.8 Å². The molecule has 0 saturated heterocycles. The van der Waals surface area contributed by atoms with Crippen molar-refractivity contribution in [3.63, 3.8) is 0 Å². The third kappa shape index (κ3) is 2.73. The van der Waals surface area contributed by atoms with Gasteiger partial charge in [-0.1, -0.05) is 42.5 Å². The van der Waals surface area contributed by atoms with E-state index < -0.39 is 35.6 Å². The van der Waals surface area contributed by atoms with E-state index in [-0.39, 0.29) is 18.4 Å². The molecular weight excluding hydrogens is 328 g/mol. The molecule has 0 radical (unpaired) electrons. The Balaban J connectivity index is 2.01. The van der Waals surface area contributed by atoms with Crippen LogP contribution in [0.15, 0.2) is 48.3 Å². The minimum atomic E-state index is -5.07. The number of rotatable bonds is 4. The monoisotopic (exact) mass is 342 g/mol. The Morgan fingerprint density at radius 1 is 1.17 bits per heavy atom. The molecule has 7 heteroatoms. The van der Waals surface area contributed by atoms with Crippen molar-refractivity contribution in [1.82, 2.24) is 0 Å². The Labute approximate surface area is 135 Å². The summed E-state index contributed by atoms with van der Waals surface area (Å²) in [7, 11) is 0. The molecule has 3 rings (SSSR count). The van der Waals surface area contributed by atoms with E-state index in [2.05, 4.69) is 4.74 Å². The Bertz CT molecular complexity index is 717. The van der Waals surface area contributed by atoms with Crippen LogP contribution in [0.25, 0.3) is 5.57 Å². The van der Waals surface area contributed by atoms with Gasteiger partial charge in [0.1, 0.15) is 16.8 Å². The summed E-state index contributed by atoms with van der Waals surface area (Å²) in [5.41, 5.74) is -3.37. The molecule has 1 N–H and O–H groups in total. The lowest BCUT2D eigenvalue weighted by atomic mass is 9.76. The third-order valence-electron chi connectivity index (χ3n) is 4.58. The van der Waals surface area contributed by atoms with Crippen LogP contribution < -0.4 is 0 Å². The molecule has 1 aromatic rings. The quantitative estimate of drug-likeness (QED) is 0.822. The average Bonchev–Trinajstić information content (AvgIpc) is 3.28. The molecule has 1 atom stereocenters. The minimum Gasteiger partial charge on any atom is -0.481 e. The van der Waals surface area contributed by atoms with Crippen LogP contribution in [-0.4, -0.2) is 23.0 Å². The lowest BCUT2D eigenvalue weighted by Crippen LogP contribution is -2.49. The molecule has 0 aliphatic heterocycles. The summed E-state index contributed by atoms with van der Waals surface area (Å²) in [5, 5.41) is 9.37. The number of alkyl halides is 3. The first-order valence-electron chi connectivity index (χ1n) is 7.33. The van der Waals surface area contributed by atoms with Gasteiger partial charge in [-0.25, -0.2) is 4.39 Å². The van der Waals surface area contributed by atoms with Gasteiger partial charge in [0, 0.05) is 12.0 Å². The maximum atomic E-state index is 14.6. The highest BCUT2D eigenvalue weighted by Gasteiger charge is 2.68. The van der Waals surface area contributed by atoms with E-state index in [0.29, 0.717) is 5.56 Å². The van der Waals surface area contributed by atoms with Crippen LogP contribution in [0, 0.1) is 5.41 Å². The zero-order valence-corrected chi connectivity index (χ0v) is 12.4. The predicted octanol–water partition coefficient (Wildman–Crippen LogP) is 4.47. The van der Waals surface area contributed by atoms with Crippen LogP contribution in [0.5, 0.6) is 0 Å². The number of ether oxygens (including phenoxy) is 1. The topological polar surface area (TPSA) is 46.5 Å². The van der Waals surface area contributed by atoms with E-state index in [1.54, 1.807) is 30.3 Å². The maximum absolute atomic E-state index is 14.6. The Morgan fingerprint density at radius 2 is 1.79 bits per heavy atom. The number of carbonyl (C=O) groups is 1. The maximum Gasteiger partial charge on any atom is 0.523 e. The van der Waals surface area contributed by atoms with Crippen molar-refractivity contribution in [1.29, 1.82) is 0 Å². The fourth-order valence-corrected chi connectivity index (χ4v) is 3.21. The van der Waals surface area contributed by atoms with Gasteiger partial charge in [0.2, 0.25) is 0 Å². The van der Waals surface area contributed by atoms with Crippen molar-refractivity contribution in [3.8, 4) is 0 Å². The molecule has 2 aliphatic rings. The average molecular weight is 342 g/mol. The summed E-state index contributed by atoms with van der Waals surface area (Å²) in [5.74, 6) is -2.23. The number of benzene rings is 1. The second-order valence-electron chi connectivity index (χ2n) is 6.02. The molecule has 3 nitrogen and oxygen atoms in total. The number of aliphatic carboxylic acids is 1. The summed E-state index contributed by atoms with van der Waals surface area (Å²) in [6.07, 6.45) is -3.58. The predicted molar refractivity (Wildman–Crippen MR) is 77.4 cm³/mol. The number of hydrogen-bond donors (Lipinski definition) is 1. The summed E-state index contributed by atoms with van der Waals surface area (Å²) >= 11 is 0. The fraction of sp³-hybridized carbons (Fsp3) is 0.353. The molecule has 24 heavy (non-hydrogen) atoms. The normalized spacial score (nSPS) is 25.7. The van der Waals surface area contributed by atoms with Gasteiger partial charge in [-0.2, -0.15) is 0 Å². The molecule has 0 spiro atoms. The Morgan fingerprint density at radius 3 is 2.25 bits per heavy atom. The van der Waals surface area contributed by atoms with Gasteiger partial charge < -0.3 is 5.11 Å². The molecule has 128 valence electrons. The van der Waals surface area contributed by atoms with Gasteiger partial charge in [0.25, 0.3) is 0 Å². The largest absolute Gasteiger partial charge is 0.523 e. The lowest BCUT2D eigenvalue weighted by molar-refractivity contribution is -0.367. The second kappa shape index (κ2) is 5.44. The first-order chi connectivity index (χ1) is 11.2. The van der Waals surface area contributed by atoms with Crippen molar-refractivity contribution in [3.05, 3.63) is 53.9 Å². The van der Waals surface area contributed by atoms with Gasteiger partial charge in [0.15, 0.2) is 0 Å². The van der Waals surface area contributed by atoms with E-state index in [9.17, 15) is 27.5 Å². The number of hydrogen-bond acceptors (Lipinski definition) is 2. The summed E-state index contributed by atoms with van der Waals surface area (Å²) < 4.78 is 57.4. The Kier molecular flexibility index (Phi) is 3.79. The van der Waals surface area contributed by atoms with Crippen LogP contribution >= 0.6 is 0 Å². The lowest BCUT2D eigenvalue weighted by Gasteiger charge is -2.38. The highest BCUT2D eigenvalue weighted by molar-refractivity contribution is 5.83. The fourth-order valence-electron chi connectivity index (χ4n) is 3.21. The van der Waals surface area contributed by atoms with Crippen LogP contribution in [-0.2, 0) is 9.53 Å². The van der Waals surface area contributed by atoms with Crippen molar-refractivity contribution >= 4 is 11.5 Å². The van der Waals surface area contributed by atoms with Gasteiger partial charge in [0.05, 0.1) is 0 Å². The van der Waals surface area contributed by atoms with Gasteiger partial charge in [-0.15, -0.1) is 13.2 Å². The smallest absolute Gasteiger partial charge is 0.481 e. The molecular formula is C17H14F4O3. The highest BCUT2D eigenvalue weighted by Crippen LogP contribution is 2.61. The zero-order chi connectivity index (χ0) is 17.6. The first kappa shape index (κ1) is 16.7. The van der Waals surface area contributed by atoms with Gasteiger partial charge in [-0.05, 0) is 18.4 Å². The summed E-state index contributed by atoms with van der Waals surface area (Å²) in [4.78, 5) is 11.5. The molecule has 0 heterocycles. The van der Waals surface area contributed by atoms with Gasteiger partial charge >= 0.3 is 12.3 Å². The van der Waals surface area contributed by atoms with Crippen molar-refractivity contribution in [2.24, 2.45) is 5.41 Å². The van der Waals surface area contributed by atoms with Crippen LogP contribution in [0.3, 0.4) is 0 Å². The highest BCUT2D eigenvalue weighted by atomic mass is 19.4. The number of carboxylic acid groups (broad SMARTS) is 1. The molecule has 1 fully saturated rings. The van der Waals surface area contributed by atoms with Crippen molar-refractivity contribution < 1.29 is 32.2 Å². The van der Waals surface area contributed by atoms with Crippen LogP contribution in [0.4, 0.5) is 17.6 Å². The van der Waals surface area contributed by atoms with Gasteiger partial charge in [-0.3, -0.25) is 9.53 Å². The molecule has 2 aliphatic carbocycles.